The van der Waals surface area contributed by atoms with Gasteiger partial charge >= 0.3 is 0 Å². The van der Waals surface area contributed by atoms with Crippen LogP contribution in [0.15, 0.2) is 67.0 Å². The Bertz CT molecular complexity index is 1140. The predicted molar refractivity (Wildman–Crippen MR) is 107 cm³/mol. The number of carbonyl (C=O) groups excluding carboxylic acids is 1. The Balaban J connectivity index is 1.59. The largest absolute Gasteiger partial charge is 0.497 e. The average molecular weight is 373 g/mol. The Labute approximate surface area is 161 Å². The summed E-state index contributed by atoms with van der Waals surface area (Å²) in [6.45, 7) is 0.433. The Kier molecular flexibility index (Phi) is 4.63. The van der Waals surface area contributed by atoms with Gasteiger partial charge in [-0.3, -0.25) is 4.79 Å². The van der Waals surface area contributed by atoms with E-state index in [0.29, 0.717) is 17.9 Å². The maximum Gasteiger partial charge on any atom is 0.252 e. The SMILES string of the molecule is COc1ccc(CNC(=O)c2cccc3c2ccn3-c2ccnc(N)n2)cc1. The van der Waals surface area contributed by atoms with Crippen LogP contribution in [-0.2, 0) is 6.54 Å². The van der Waals surface area contributed by atoms with Crippen molar-refractivity contribution in [3.05, 3.63) is 78.1 Å². The molecule has 0 bridgehead atoms. The average Bonchev–Trinajstić information content (AvgIpc) is 3.16. The minimum absolute atomic E-state index is 0.138. The third-order valence-electron chi connectivity index (χ3n) is 4.50. The number of rotatable bonds is 5. The number of nitrogens with one attached hydrogen (secondary N) is 1. The van der Waals surface area contributed by atoms with Crippen molar-refractivity contribution >= 4 is 22.8 Å². The summed E-state index contributed by atoms with van der Waals surface area (Å²) in [4.78, 5) is 20.9. The number of hydrogen-bond acceptors (Lipinski definition) is 5. The standard InChI is InChI=1S/C21H19N5O2/c1-28-15-7-5-14(6-8-15)13-24-20(27)17-3-2-4-18-16(17)10-12-26(18)19-9-11-23-21(22)25-19/h2-12H,13H2,1H3,(H,24,27)(H2,22,23,25). The van der Waals surface area contributed by atoms with Crippen LogP contribution in [-0.4, -0.2) is 27.6 Å². The summed E-state index contributed by atoms with van der Waals surface area (Å²) >= 11 is 0. The van der Waals surface area contributed by atoms with Gasteiger partial charge in [-0.1, -0.05) is 18.2 Å². The zero-order chi connectivity index (χ0) is 19.5. The van der Waals surface area contributed by atoms with Gasteiger partial charge in [0.15, 0.2) is 0 Å². The number of carbonyl (C=O) groups is 1. The molecule has 0 aliphatic carbocycles. The first-order valence-electron chi connectivity index (χ1n) is 8.76. The first-order valence-corrected chi connectivity index (χ1v) is 8.76. The fourth-order valence-electron chi connectivity index (χ4n) is 3.08. The van der Waals surface area contributed by atoms with Crippen LogP contribution in [0, 0.1) is 0 Å². The van der Waals surface area contributed by atoms with E-state index in [-0.39, 0.29) is 11.9 Å². The molecule has 3 N–H and O–H groups in total. The summed E-state index contributed by atoms with van der Waals surface area (Å²) in [6.07, 6.45) is 3.47. The van der Waals surface area contributed by atoms with E-state index in [2.05, 4.69) is 15.3 Å². The van der Waals surface area contributed by atoms with Crippen molar-refractivity contribution in [2.75, 3.05) is 12.8 Å². The molecular weight excluding hydrogens is 354 g/mol. The molecule has 0 unspecified atom stereocenters. The lowest BCUT2D eigenvalue weighted by Gasteiger charge is -2.09. The lowest BCUT2D eigenvalue weighted by molar-refractivity contribution is 0.0952. The Morgan fingerprint density at radius 1 is 1.14 bits per heavy atom. The third-order valence-corrected chi connectivity index (χ3v) is 4.50. The van der Waals surface area contributed by atoms with E-state index in [0.717, 1.165) is 22.2 Å². The van der Waals surface area contributed by atoms with Crippen LogP contribution < -0.4 is 15.8 Å². The predicted octanol–water partition coefficient (Wildman–Crippen LogP) is 2.94. The van der Waals surface area contributed by atoms with E-state index >= 15 is 0 Å². The number of nitrogen functional groups attached to an aromatic ring is 1. The Morgan fingerprint density at radius 3 is 2.71 bits per heavy atom. The van der Waals surface area contributed by atoms with Gasteiger partial charge in [-0.15, -0.1) is 0 Å². The number of ether oxygens (including phenoxy) is 1. The Morgan fingerprint density at radius 2 is 1.96 bits per heavy atom. The highest BCUT2D eigenvalue weighted by Gasteiger charge is 2.13. The number of methoxy groups -OCH3 is 1. The zero-order valence-corrected chi connectivity index (χ0v) is 15.3. The van der Waals surface area contributed by atoms with Crippen molar-refractivity contribution in [3.8, 4) is 11.6 Å². The van der Waals surface area contributed by atoms with Crippen LogP contribution in [0.4, 0.5) is 5.95 Å². The van der Waals surface area contributed by atoms with E-state index in [9.17, 15) is 4.79 Å². The van der Waals surface area contributed by atoms with Crippen LogP contribution >= 0.6 is 0 Å². The normalized spacial score (nSPS) is 10.8. The molecule has 0 spiro atoms. The maximum absolute atomic E-state index is 12.8. The number of aromatic nitrogens is 3. The first kappa shape index (κ1) is 17.5. The maximum atomic E-state index is 12.8. The van der Waals surface area contributed by atoms with Crippen LogP contribution in [0.1, 0.15) is 15.9 Å². The second-order valence-corrected chi connectivity index (χ2v) is 6.23. The number of benzene rings is 2. The van der Waals surface area contributed by atoms with Crippen LogP contribution in [0.25, 0.3) is 16.7 Å². The lowest BCUT2D eigenvalue weighted by atomic mass is 10.1. The molecule has 4 aromatic rings. The number of anilines is 1. The van der Waals surface area contributed by atoms with Crippen molar-refractivity contribution < 1.29 is 9.53 Å². The van der Waals surface area contributed by atoms with Crippen LogP contribution in [0.2, 0.25) is 0 Å². The number of nitrogens with zero attached hydrogens (tertiary/aromatic N) is 3. The van der Waals surface area contributed by atoms with Gasteiger partial charge in [0, 0.05) is 29.9 Å². The summed E-state index contributed by atoms with van der Waals surface area (Å²) in [7, 11) is 1.62. The van der Waals surface area contributed by atoms with Gasteiger partial charge in [-0.25, -0.2) is 4.98 Å². The quantitative estimate of drug-likeness (QED) is 0.561. The van der Waals surface area contributed by atoms with E-state index < -0.39 is 0 Å². The third kappa shape index (κ3) is 3.37. The summed E-state index contributed by atoms with van der Waals surface area (Å²) in [6, 6.07) is 16.9. The number of fused-ring (bicyclic) bond motifs is 1. The number of nitrogens with two attached hydrogens (primary N) is 1. The molecule has 0 fully saturated rings. The van der Waals surface area contributed by atoms with E-state index in [1.807, 2.05) is 59.3 Å². The van der Waals surface area contributed by atoms with E-state index in [1.54, 1.807) is 19.4 Å². The van der Waals surface area contributed by atoms with Gasteiger partial charge < -0.3 is 20.4 Å². The fourth-order valence-corrected chi connectivity index (χ4v) is 3.08. The summed E-state index contributed by atoms with van der Waals surface area (Å²) in [5, 5.41) is 3.81. The Hall–Kier alpha value is -3.87. The molecule has 2 aromatic carbocycles. The molecule has 0 aliphatic rings. The monoisotopic (exact) mass is 373 g/mol. The molecule has 0 radical (unpaired) electrons. The highest BCUT2D eigenvalue weighted by molar-refractivity contribution is 6.06. The molecule has 2 aromatic heterocycles. The topological polar surface area (TPSA) is 95.1 Å². The minimum Gasteiger partial charge on any atom is -0.497 e. The van der Waals surface area contributed by atoms with Gasteiger partial charge in [-0.05, 0) is 42.0 Å². The second-order valence-electron chi connectivity index (χ2n) is 6.23. The van der Waals surface area contributed by atoms with E-state index in [1.165, 1.54) is 0 Å². The zero-order valence-electron chi connectivity index (χ0n) is 15.3. The van der Waals surface area contributed by atoms with Crippen molar-refractivity contribution in [1.82, 2.24) is 19.9 Å². The molecule has 2 heterocycles. The highest BCUT2D eigenvalue weighted by Crippen LogP contribution is 2.23. The van der Waals surface area contributed by atoms with Gasteiger partial charge in [0.05, 0.1) is 12.6 Å². The summed E-state index contributed by atoms with van der Waals surface area (Å²) in [5.74, 6) is 1.50. The summed E-state index contributed by atoms with van der Waals surface area (Å²) < 4.78 is 7.03. The van der Waals surface area contributed by atoms with Crippen molar-refractivity contribution in [2.45, 2.75) is 6.54 Å². The van der Waals surface area contributed by atoms with Crippen molar-refractivity contribution in [1.29, 1.82) is 0 Å². The van der Waals surface area contributed by atoms with E-state index in [4.69, 9.17) is 10.5 Å². The second kappa shape index (κ2) is 7.40. The van der Waals surface area contributed by atoms with Crippen molar-refractivity contribution in [2.24, 2.45) is 0 Å². The lowest BCUT2D eigenvalue weighted by Crippen LogP contribution is -2.22. The number of hydrogen-bond donors (Lipinski definition) is 2. The van der Waals surface area contributed by atoms with Gasteiger partial charge in [-0.2, -0.15) is 4.98 Å². The van der Waals surface area contributed by atoms with Crippen LogP contribution in [0.5, 0.6) is 5.75 Å². The highest BCUT2D eigenvalue weighted by atomic mass is 16.5. The molecule has 4 rings (SSSR count). The first-order chi connectivity index (χ1) is 13.7. The number of amides is 1. The van der Waals surface area contributed by atoms with Gasteiger partial charge in [0.25, 0.3) is 5.91 Å². The van der Waals surface area contributed by atoms with Crippen LogP contribution in [0.3, 0.4) is 0 Å². The molecule has 0 aliphatic heterocycles. The molecule has 1 amide bonds. The minimum atomic E-state index is -0.138. The molecule has 7 nitrogen and oxygen atoms in total. The molecule has 140 valence electrons. The molecular formula is C21H19N5O2. The van der Waals surface area contributed by atoms with Crippen molar-refractivity contribution in [3.63, 3.8) is 0 Å². The molecule has 0 saturated carbocycles. The molecule has 28 heavy (non-hydrogen) atoms. The molecule has 7 heteroatoms. The van der Waals surface area contributed by atoms with Gasteiger partial charge in [0.2, 0.25) is 5.95 Å². The molecule has 0 atom stereocenters. The fraction of sp³-hybridized carbons (Fsp3) is 0.0952. The van der Waals surface area contributed by atoms with Gasteiger partial charge in [0.1, 0.15) is 11.6 Å². The molecule has 0 saturated heterocycles. The summed E-state index contributed by atoms with van der Waals surface area (Å²) in [5.41, 5.74) is 8.16. The smallest absolute Gasteiger partial charge is 0.252 e.